The fourth-order valence-electron chi connectivity index (χ4n) is 1.86. The minimum absolute atomic E-state index is 0. The van der Waals surface area contributed by atoms with Crippen molar-refractivity contribution in [3.63, 3.8) is 0 Å². The summed E-state index contributed by atoms with van der Waals surface area (Å²) in [6.45, 7) is 2.27. The zero-order valence-corrected chi connectivity index (χ0v) is 16.1. The van der Waals surface area contributed by atoms with Gasteiger partial charge < -0.3 is 14.7 Å². The van der Waals surface area contributed by atoms with Crippen molar-refractivity contribution >= 4 is 7.82 Å². The van der Waals surface area contributed by atoms with Crippen LogP contribution in [0, 0.1) is 6.07 Å². The number of aryl methyl sites for hydroxylation is 1. The van der Waals surface area contributed by atoms with Gasteiger partial charge >= 0.3 is 37.4 Å². The number of unbranched alkanes of at least 4 members (excludes halogenated alkanes) is 6. The topological polar surface area (TPSA) is 77.8 Å². The molecule has 0 radical (unpaired) electrons. The molecule has 1 aromatic carbocycles. The van der Waals surface area contributed by atoms with Gasteiger partial charge in [-0.2, -0.15) is 35.9 Å². The van der Waals surface area contributed by atoms with Crippen LogP contribution in [0.15, 0.2) is 24.3 Å². The van der Waals surface area contributed by atoms with Crippen molar-refractivity contribution in [1.82, 2.24) is 0 Å². The van der Waals surface area contributed by atoms with E-state index >= 15 is 0 Å². The van der Waals surface area contributed by atoms with Gasteiger partial charge in [0.2, 0.25) is 0 Å². The summed E-state index contributed by atoms with van der Waals surface area (Å²) in [5.74, 6) is 0. The van der Waals surface area contributed by atoms with E-state index in [-0.39, 0.29) is 29.6 Å². The molecule has 21 heavy (non-hydrogen) atoms. The number of rotatable bonds is 8. The number of benzene rings is 1. The van der Waals surface area contributed by atoms with Crippen LogP contribution < -0.4 is 29.6 Å². The van der Waals surface area contributed by atoms with Crippen LogP contribution in [0.5, 0.6) is 0 Å². The first-order valence-corrected chi connectivity index (χ1v) is 8.74. The average Bonchev–Trinajstić information content (AvgIpc) is 2.37. The van der Waals surface area contributed by atoms with Crippen molar-refractivity contribution in [3.05, 3.63) is 35.9 Å². The average molecular weight is 324 g/mol. The molecule has 0 fully saturated rings. The van der Waals surface area contributed by atoms with Crippen molar-refractivity contribution in [3.8, 4) is 0 Å². The molecule has 0 saturated heterocycles. The van der Waals surface area contributed by atoms with E-state index < -0.39 is 7.82 Å². The van der Waals surface area contributed by atoms with Crippen LogP contribution in [-0.4, -0.2) is 14.7 Å². The molecule has 0 aliphatic rings. The van der Waals surface area contributed by atoms with E-state index in [9.17, 15) is 0 Å². The van der Waals surface area contributed by atoms with E-state index in [2.05, 4.69) is 25.1 Å². The molecule has 0 amide bonds. The Morgan fingerprint density at radius 2 is 1.52 bits per heavy atom. The minimum Gasteiger partial charge on any atom is -0.303 e. The summed E-state index contributed by atoms with van der Waals surface area (Å²) >= 11 is 0. The number of phosphoric acid groups is 1. The molecule has 0 saturated carbocycles. The molecule has 0 aromatic heterocycles. The normalized spacial score (nSPS) is 10.3. The van der Waals surface area contributed by atoms with Gasteiger partial charge in [0, 0.05) is 0 Å². The van der Waals surface area contributed by atoms with Crippen molar-refractivity contribution in [2.75, 3.05) is 0 Å². The van der Waals surface area contributed by atoms with Gasteiger partial charge in [-0.1, -0.05) is 58.3 Å². The second-order valence-electron chi connectivity index (χ2n) is 4.77. The molecule has 0 bridgehead atoms. The Kier molecular flexibility index (Phi) is 17.1. The van der Waals surface area contributed by atoms with Crippen LogP contribution in [-0.2, 0) is 11.0 Å². The molecule has 0 heterocycles. The van der Waals surface area contributed by atoms with Crippen molar-refractivity contribution in [2.24, 2.45) is 0 Å². The largest absolute Gasteiger partial charge is 1.00 e. The summed E-state index contributed by atoms with van der Waals surface area (Å²) in [6, 6.07) is 11.6. The van der Waals surface area contributed by atoms with Gasteiger partial charge in [-0.25, -0.2) is 4.57 Å². The quantitative estimate of drug-likeness (QED) is 0.287. The van der Waals surface area contributed by atoms with E-state index in [1.165, 1.54) is 56.9 Å². The summed E-state index contributed by atoms with van der Waals surface area (Å²) in [6.07, 6.45) is 10.9. The molecule has 0 unspecified atom stereocenters. The first-order valence-electron chi connectivity index (χ1n) is 7.17. The van der Waals surface area contributed by atoms with Crippen molar-refractivity contribution < 1.29 is 48.8 Å². The Morgan fingerprint density at radius 3 is 2.00 bits per heavy atom. The molecule has 1 rings (SSSR count). The van der Waals surface area contributed by atoms with Gasteiger partial charge in [0.1, 0.15) is 0 Å². The third-order valence-corrected chi connectivity index (χ3v) is 2.82. The molecule has 0 aliphatic heterocycles. The molecule has 1 aromatic rings. The summed E-state index contributed by atoms with van der Waals surface area (Å²) in [4.78, 5) is 21.6. The van der Waals surface area contributed by atoms with Gasteiger partial charge in [-0.05, 0) is 0 Å². The maximum absolute atomic E-state index is 8.88. The third-order valence-electron chi connectivity index (χ3n) is 2.82. The maximum Gasteiger partial charge on any atom is 1.00 e. The molecule has 4 nitrogen and oxygen atoms in total. The fourth-order valence-corrected chi connectivity index (χ4v) is 1.86. The van der Waals surface area contributed by atoms with Crippen LogP contribution in [0.25, 0.3) is 0 Å². The summed E-state index contributed by atoms with van der Waals surface area (Å²) < 4.78 is 8.88. The van der Waals surface area contributed by atoms with Gasteiger partial charge in [0.05, 0.1) is 0 Å². The van der Waals surface area contributed by atoms with Gasteiger partial charge in [0.15, 0.2) is 0 Å². The third kappa shape index (κ3) is 22.7. The van der Waals surface area contributed by atoms with Crippen LogP contribution in [0.2, 0.25) is 0 Å². The van der Waals surface area contributed by atoms with E-state index in [1.807, 2.05) is 12.1 Å². The van der Waals surface area contributed by atoms with Crippen LogP contribution in [0.4, 0.5) is 0 Å². The van der Waals surface area contributed by atoms with E-state index in [4.69, 9.17) is 19.2 Å². The van der Waals surface area contributed by atoms with Gasteiger partial charge in [0.25, 0.3) is 0 Å². The smallest absolute Gasteiger partial charge is 0.303 e. The summed E-state index contributed by atoms with van der Waals surface area (Å²) in [5.41, 5.74) is 1.37. The maximum atomic E-state index is 8.88. The zero-order valence-electron chi connectivity index (χ0n) is 13.2. The van der Waals surface area contributed by atoms with E-state index in [1.54, 1.807) is 0 Å². The molecule has 116 valence electrons. The van der Waals surface area contributed by atoms with Crippen LogP contribution in [0.3, 0.4) is 0 Å². The van der Waals surface area contributed by atoms with E-state index in [0.29, 0.717) is 0 Å². The Bertz CT molecular complexity index is 359. The Morgan fingerprint density at radius 1 is 1.00 bits per heavy atom. The second kappa shape index (κ2) is 15.2. The standard InChI is InChI=1S/C15H23.Na.H3O4P/c1-2-3-4-5-6-7-9-12-15-13-10-8-11-14-15;;1-5(2,3)4/h8,10-11,13H,2-7,9,12H2,1H3;;(H3,1,2,3,4)/q-1;+1;. The SMILES string of the molecule is CCCCCCCCCc1[c-]cccc1.O=P(O)(O)O.[Na+]. The fraction of sp³-hybridized carbons (Fsp3) is 0.600. The first kappa shape index (κ1) is 23.6. The van der Waals surface area contributed by atoms with Crippen molar-refractivity contribution in [2.45, 2.75) is 58.3 Å². The number of hydrogen-bond donors (Lipinski definition) is 3. The molecular formula is C15H26NaO4P. The summed E-state index contributed by atoms with van der Waals surface area (Å²) in [7, 11) is -4.64. The van der Waals surface area contributed by atoms with Crippen molar-refractivity contribution in [1.29, 1.82) is 0 Å². The minimum atomic E-state index is -4.64. The monoisotopic (exact) mass is 324 g/mol. The molecular weight excluding hydrogens is 298 g/mol. The Labute approximate surface area is 150 Å². The summed E-state index contributed by atoms with van der Waals surface area (Å²) in [5, 5.41) is 0. The van der Waals surface area contributed by atoms with Crippen LogP contribution >= 0.6 is 7.82 Å². The van der Waals surface area contributed by atoms with Crippen LogP contribution in [0.1, 0.15) is 57.4 Å². The van der Waals surface area contributed by atoms with Gasteiger partial charge in [-0.3, -0.25) is 0 Å². The first-order chi connectivity index (χ1) is 9.43. The second-order valence-corrected chi connectivity index (χ2v) is 5.80. The van der Waals surface area contributed by atoms with Gasteiger partial charge in [-0.15, -0.1) is 0 Å². The molecule has 3 N–H and O–H groups in total. The predicted molar refractivity (Wildman–Crippen MR) is 81.2 cm³/mol. The number of hydrogen-bond acceptors (Lipinski definition) is 1. The molecule has 0 aliphatic carbocycles. The Balaban J connectivity index is 0. The van der Waals surface area contributed by atoms with E-state index in [0.717, 1.165) is 0 Å². The predicted octanol–water partition coefficient (Wildman–Crippen LogP) is 0.855. The molecule has 0 spiro atoms. The molecule has 6 heteroatoms. The zero-order chi connectivity index (χ0) is 15.3. The Hall–Kier alpha value is 0.330. The molecule has 0 atom stereocenters.